The SMILES string of the molecule is CCC1CC(Nc2ncc(Br)c(Cc3cc(C(F)(F)F)cc(C(F)(F)F)c3)n2)c2cc(C(F)(F)F)ccc2N1C(=O)OCc1ccccc1. The van der Waals surface area contributed by atoms with Gasteiger partial charge in [0.05, 0.1) is 38.6 Å². The minimum absolute atomic E-state index is 0.0168. The fourth-order valence-corrected chi connectivity index (χ4v) is 5.85. The van der Waals surface area contributed by atoms with Gasteiger partial charge in [-0.05, 0) is 81.9 Å². The standard InChI is InChI=1S/C33H26BrF9N4O2/c1-2-23-15-26(24-14-20(31(35,36)37)8-9-28(24)47(23)30(48)49-17-18-6-4-3-5-7-18)45-29-44-16-25(34)27(46-29)12-19-10-21(32(38,39)40)13-22(11-19)33(41,42)43/h3-11,13-14,16,23,26H,2,12,15,17H2,1H3,(H,44,45,46). The average Bonchev–Trinajstić information content (AvgIpc) is 3.03. The summed E-state index contributed by atoms with van der Waals surface area (Å²) in [7, 11) is 0. The van der Waals surface area contributed by atoms with E-state index in [1.807, 2.05) is 0 Å². The van der Waals surface area contributed by atoms with Crippen LogP contribution >= 0.6 is 15.9 Å². The number of ether oxygens (including phenoxy) is 1. The highest BCUT2D eigenvalue weighted by molar-refractivity contribution is 9.10. The summed E-state index contributed by atoms with van der Waals surface area (Å²) in [5, 5.41) is 2.97. The van der Waals surface area contributed by atoms with Crippen molar-refractivity contribution in [3.05, 3.63) is 116 Å². The number of carbonyl (C=O) groups is 1. The maximum atomic E-state index is 13.8. The van der Waals surface area contributed by atoms with E-state index in [1.54, 1.807) is 37.3 Å². The Balaban J connectivity index is 1.48. The minimum Gasteiger partial charge on any atom is -0.444 e. The van der Waals surface area contributed by atoms with Crippen molar-refractivity contribution < 1.29 is 49.0 Å². The summed E-state index contributed by atoms with van der Waals surface area (Å²) in [6.07, 6.45) is -14.4. The third-order valence-corrected chi connectivity index (χ3v) is 8.54. The van der Waals surface area contributed by atoms with Crippen molar-refractivity contribution in [1.29, 1.82) is 0 Å². The number of amides is 1. The molecule has 0 saturated carbocycles. The number of hydrogen-bond acceptors (Lipinski definition) is 5. The van der Waals surface area contributed by atoms with Crippen LogP contribution in [0.5, 0.6) is 0 Å². The Bertz CT molecular complexity index is 1780. The number of halogens is 10. The summed E-state index contributed by atoms with van der Waals surface area (Å²) in [5.41, 5.74) is -3.33. The molecule has 6 nitrogen and oxygen atoms in total. The number of benzene rings is 3. The molecule has 16 heteroatoms. The number of nitrogens with zero attached hydrogens (tertiary/aromatic N) is 3. The second kappa shape index (κ2) is 13.9. The summed E-state index contributed by atoms with van der Waals surface area (Å²) in [6.45, 7) is 1.71. The van der Waals surface area contributed by atoms with E-state index in [9.17, 15) is 44.3 Å². The topological polar surface area (TPSA) is 67.4 Å². The molecule has 49 heavy (non-hydrogen) atoms. The van der Waals surface area contributed by atoms with E-state index in [4.69, 9.17) is 4.74 Å². The Morgan fingerprint density at radius 1 is 0.878 bits per heavy atom. The predicted molar refractivity (Wildman–Crippen MR) is 165 cm³/mol. The number of rotatable bonds is 7. The normalized spacial score (nSPS) is 16.7. The maximum Gasteiger partial charge on any atom is 0.416 e. The number of aromatic nitrogens is 2. The van der Waals surface area contributed by atoms with Crippen LogP contribution in [0.15, 0.2) is 77.4 Å². The van der Waals surface area contributed by atoms with E-state index in [-0.39, 0.29) is 52.0 Å². The molecule has 0 aliphatic carbocycles. The maximum absolute atomic E-state index is 13.8. The fraction of sp³-hybridized carbons (Fsp3) is 0.303. The van der Waals surface area contributed by atoms with E-state index in [0.29, 0.717) is 24.1 Å². The number of fused-ring (bicyclic) bond motifs is 1. The van der Waals surface area contributed by atoms with Gasteiger partial charge in [-0.2, -0.15) is 39.5 Å². The van der Waals surface area contributed by atoms with Crippen molar-refractivity contribution >= 4 is 33.7 Å². The zero-order chi connectivity index (χ0) is 35.7. The number of alkyl halides is 9. The largest absolute Gasteiger partial charge is 0.444 e. The highest BCUT2D eigenvalue weighted by Crippen LogP contribution is 2.43. The first-order valence-corrected chi connectivity index (χ1v) is 15.5. The van der Waals surface area contributed by atoms with E-state index >= 15 is 0 Å². The summed E-state index contributed by atoms with van der Waals surface area (Å²) < 4.78 is 128. The molecule has 0 spiro atoms. The highest BCUT2D eigenvalue weighted by atomic mass is 79.9. The number of nitrogens with one attached hydrogen (secondary N) is 1. The van der Waals surface area contributed by atoms with Gasteiger partial charge in [-0.1, -0.05) is 37.3 Å². The van der Waals surface area contributed by atoms with Crippen molar-refractivity contribution in [2.75, 3.05) is 10.2 Å². The summed E-state index contributed by atoms with van der Waals surface area (Å²) in [5.74, 6) is -0.149. The second-order valence-corrected chi connectivity index (χ2v) is 12.1. The lowest BCUT2D eigenvalue weighted by Gasteiger charge is -2.40. The summed E-state index contributed by atoms with van der Waals surface area (Å²) in [4.78, 5) is 23.1. The van der Waals surface area contributed by atoms with Crippen molar-refractivity contribution in [3.63, 3.8) is 0 Å². The Labute approximate surface area is 282 Å². The molecule has 1 aliphatic heterocycles. The van der Waals surface area contributed by atoms with Crippen LogP contribution in [0.1, 0.15) is 64.9 Å². The summed E-state index contributed by atoms with van der Waals surface area (Å²) >= 11 is 3.18. The van der Waals surface area contributed by atoms with Crippen molar-refractivity contribution in [2.24, 2.45) is 0 Å². The third-order valence-electron chi connectivity index (χ3n) is 7.87. The minimum atomic E-state index is -5.05. The monoisotopic (exact) mass is 760 g/mol. The van der Waals surface area contributed by atoms with Gasteiger partial charge in [-0.15, -0.1) is 0 Å². The second-order valence-electron chi connectivity index (χ2n) is 11.3. The molecule has 1 aliphatic rings. The lowest BCUT2D eigenvalue weighted by Crippen LogP contribution is -2.46. The lowest BCUT2D eigenvalue weighted by atomic mass is 9.89. The van der Waals surface area contributed by atoms with Gasteiger partial charge in [0.15, 0.2) is 0 Å². The fourth-order valence-electron chi connectivity index (χ4n) is 5.52. The van der Waals surface area contributed by atoms with Crippen LogP contribution in [0.2, 0.25) is 0 Å². The van der Waals surface area contributed by atoms with E-state index in [2.05, 4.69) is 31.2 Å². The van der Waals surface area contributed by atoms with Gasteiger partial charge < -0.3 is 10.1 Å². The van der Waals surface area contributed by atoms with Crippen LogP contribution in [0.25, 0.3) is 0 Å². The van der Waals surface area contributed by atoms with Gasteiger partial charge in [0, 0.05) is 18.7 Å². The van der Waals surface area contributed by atoms with Crippen LogP contribution in [-0.2, 0) is 36.3 Å². The highest BCUT2D eigenvalue weighted by Gasteiger charge is 2.40. The molecule has 0 radical (unpaired) electrons. The van der Waals surface area contributed by atoms with Gasteiger partial charge in [0.2, 0.25) is 5.95 Å². The first-order valence-electron chi connectivity index (χ1n) is 14.7. The quantitative estimate of drug-likeness (QED) is 0.190. The molecule has 2 heterocycles. The molecule has 260 valence electrons. The van der Waals surface area contributed by atoms with Crippen LogP contribution in [0.3, 0.4) is 0 Å². The van der Waals surface area contributed by atoms with Gasteiger partial charge in [-0.3, -0.25) is 4.90 Å². The molecule has 4 aromatic rings. The Kier molecular flexibility index (Phi) is 10.2. The van der Waals surface area contributed by atoms with Gasteiger partial charge in [0.1, 0.15) is 6.61 Å². The van der Waals surface area contributed by atoms with Gasteiger partial charge in [0.25, 0.3) is 0 Å². The zero-order valence-electron chi connectivity index (χ0n) is 25.3. The van der Waals surface area contributed by atoms with Gasteiger partial charge in [-0.25, -0.2) is 14.8 Å². The molecule has 1 aromatic heterocycles. The van der Waals surface area contributed by atoms with Crippen LogP contribution in [-0.4, -0.2) is 22.1 Å². The summed E-state index contributed by atoms with van der Waals surface area (Å²) in [6, 6.07) is 11.5. The average molecular weight is 761 g/mol. The van der Waals surface area contributed by atoms with Crippen LogP contribution < -0.4 is 10.2 Å². The molecule has 1 N–H and O–H groups in total. The van der Waals surface area contributed by atoms with Crippen molar-refractivity contribution in [3.8, 4) is 0 Å². The Morgan fingerprint density at radius 2 is 1.51 bits per heavy atom. The molecule has 0 fully saturated rings. The predicted octanol–water partition coefficient (Wildman–Crippen LogP) is 10.4. The first kappa shape index (κ1) is 36.0. The van der Waals surface area contributed by atoms with E-state index in [0.717, 1.165) is 12.1 Å². The third kappa shape index (κ3) is 8.46. The number of anilines is 2. The molecule has 2 atom stereocenters. The molecule has 3 aromatic carbocycles. The Hall–Kier alpha value is -4.34. The van der Waals surface area contributed by atoms with Crippen molar-refractivity contribution in [1.82, 2.24) is 9.97 Å². The molecule has 2 unspecified atom stereocenters. The van der Waals surface area contributed by atoms with Crippen LogP contribution in [0.4, 0.5) is 55.9 Å². The van der Waals surface area contributed by atoms with Crippen LogP contribution in [0, 0.1) is 0 Å². The molecular formula is C33H26BrF9N4O2. The van der Waals surface area contributed by atoms with E-state index < -0.39 is 59.8 Å². The molecule has 1 amide bonds. The van der Waals surface area contributed by atoms with Crippen molar-refractivity contribution in [2.45, 2.75) is 63.4 Å². The first-order chi connectivity index (χ1) is 22.9. The molecular weight excluding hydrogens is 735 g/mol. The lowest BCUT2D eigenvalue weighted by molar-refractivity contribution is -0.143. The number of hydrogen-bond donors (Lipinski definition) is 1. The zero-order valence-corrected chi connectivity index (χ0v) is 26.9. The smallest absolute Gasteiger partial charge is 0.416 e. The van der Waals surface area contributed by atoms with Gasteiger partial charge >= 0.3 is 24.6 Å². The Morgan fingerprint density at radius 3 is 2.10 bits per heavy atom. The number of carbonyl (C=O) groups excluding carboxylic acids is 1. The molecule has 0 saturated heterocycles. The molecule has 0 bridgehead atoms. The molecule has 5 rings (SSSR count). The van der Waals surface area contributed by atoms with E-state index in [1.165, 1.54) is 17.2 Å².